The lowest BCUT2D eigenvalue weighted by Gasteiger charge is -2.10. The molecule has 1 aliphatic heterocycles. The van der Waals surface area contributed by atoms with E-state index in [4.69, 9.17) is 11.6 Å². The minimum Gasteiger partial charge on any atom is -0.333 e. The number of halogens is 4. The zero-order valence-electron chi connectivity index (χ0n) is 11.0. The number of benzene rings is 1. The van der Waals surface area contributed by atoms with Crippen molar-refractivity contribution in [1.29, 1.82) is 0 Å². The Labute approximate surface area is 123 Å². The van der Waals surface area contributed by atoms with E-state index in [1.165, 1.54) is 6.07 Å². The summed E-state index contributed by atoms with van der Waals surface area (Å²) in [6, 6.07) is 3.18. The average molecular weight is 315 g/mol. The third-order valence-electron chi connectivity index (χ3n) is 3.55. The van der Waals surface area contributed by atoms with E-state index in [1.54, 1.807) is 4.90 Å². The van der Waals surface area contributed by atoms with E-state index < -0.39 is 11.7 Å². The van der Waals surface area contributed by atoms with Gasteiger partial charge in [0.15, 0.2) is 0 Å². The first-order valence-corrected chi connectivity index (χ1v) is 6.69. The highest BCUT2D eigenvalue weighted by atomic mass is 35.5. The molecule has 0 saturated heterocycles. The van der Waals surface area contributed by atoms with Crippen LogP contribution in [0.1, 0.15) is 28.5 Å². The van der Waals surface area contributed by atoms with Crippen LogP contribution in [0.25, 0.3) is 10.9 Å². The third-order valence-corrected chi connectivity index (χ3v) is 3.94. The van der Waals surface area contributed by atoms with Crippen molar-refractivity contribution in [1.82, 2.24) is 9.88 Å². The molecule has 0 unspecified atom stereocenters. The van der Waals surface area contributed by atoms with Gasteiger partial charge in [-0.05, 0) is 25.1 Å². The van der Waals surface area contributed by atoms with Crippen molar-refractivity contribution >= 4 is 28.4 Å². The van der Waals surface area contributed by atoms with Crippen molar-refractivity contribution in [2.45, 2.75) is 19.6 Å². The van der Waals surface area contributed by atoms with Crippen molar-refractivity contribution in [3.8, 4) is 0 Å². The summed E-state index contributed by atoms with van der Waals surface area (Å²) < 4.78 is 38.3. The van der Waals surface area contributed by atoms with E-state index in [1.807, 2.05) is 6.92 Å². The van der Waals surface area contributed by atoms with Crippen molar-refractivity contribution in [3.05, 3.63) is 40.0 Å². The number of alkyl halides is 3. The highest BCUT2D eigenvalue weighted by molar-refractivity contribution is 6.38. The first-order valence-electron chi connectivity index (χ1n) is 6.31. The van der Waals surface area contributed by atoms with Crippen LogP contribution >= 0.6 is 11.6 Å². The van der Waals surface area contributed by atoms with Gasteiger partial charge in [0.1, 0.15) is 0 Å². The molecule has 1 aliphatic rings. The second-order valence-electron chi connectivity index (χ2n) is 4.80. The molecular weight excluding hydrogens is 305 g/mol. The van der Waals surface area contributed by atoms with Gasteiger partial charge in [0, 0.05) is 11.9 Å². The minimum absolute atomic E-state index is 0.0436. The van der Waals surface area contributed by atoms with Crippen LogP contribution in [-0.4, -0.2) is 22.3 Å². The summed E-state index contributed by atoms with van der Waals surface area (Å²) in [4.78, 5) is 18.0. The largest absolute Gasteiger partial charge is 0.416 e. The smallest absolute Gasteiger partial charge is 0.333 e. The number of carbonyl (C=O) groups excluding carboxylic acids is 1. The highest BCUT2D eigenvalue weighted by Crippen LogP contribution is 2.37. The van der Waals surface area contributed by atoms with Gasteiger partial charge in [0.2, 0.25) is 0 Å². The summed E-state index contributed by atoms with van der Waals surface area (Å²) in [5, 5.41) is 0.193. The van der Waals surface area contributed by atoms with Gasteiger partial charge >= 0.3 is 6.18 Å². The molecule has 0 saturated carbocycles. The maximum atomic E-state index is 12.8. The molecule has 21 heavy (non-hydrogen) atoms. The van der Waals surface area contributed by atoms with Crippen LogP contribution in [0.2, 0.25) is 5.02 Å². The molecule has 0 spiro atoms. The zero-order valence-corrected chi connectivity index (χ0v) is 11.7. The van der Waals surface area contributed by atoms with Gasteiger partial charge in [-0.1, -0.05) is 11.6 Å². The van der Waals surface area contributed by atoms with Crippen LogP contribution in [0.5, 0.6) is 0 Å². The predicted octanol–water partition coefficient (Wildman–Crippen LogP) is 3.88. The van der Waals surface area contributed by atoms with Gasteiger partial charge in [0.05, 0.1) is 33.9 Å². The van der Waals surface area contributed by atoms with Crippen molar-refractivity contribution in [3.63, 3.8) is 0 Å². The SMILES string of the molecule is CCN1Cc2nc3ccc(C(F)(F)F)cc3c(Cl)c2C1=O. The first-order chi connectivity index (χ1) is 9.82. The molecule has 1 amide bonds. The first kappa shape index (κ1) is 14.1. The van der Waals surface area contributed by atoms with Crippen LogP contribution < -0.4 is 0 Å². The van der Waals surface area contributed by atoms with Gasteiger partial charge in [-0.15, -0.1) is 0 Å². The number of pyridine rings is 1. The average Bonchev–Trinajstić information content (AvgIpc) is 2.74. The molecule has 2 heterocycles. The Bertz CT molecular complexity index is 758. The van der Waals surface area contributed by atoms with E-state index in [9.17, 15) is 18.0 Å². The van der Waals surface area contributed by atoms with Crippen LogP contribution in [0, 0.1) is 0 Å². The number of hydrogen-bond acceptors (Lipinski definition) is 2. The molecule has 0 fully saturated rings. The lowest BCUT2D eigenvalue weighted by atomic mass is 10.1. The standard InChI is InChI=1S/C14H10ClF3N2O/c1-2-20-6-10-11(13(20)21)12(15)8-5-7(14(16,17)18)3-4-9(8)19-10/h3-5H,2,6H2,1H3. The third kappa shape index (κ3) is 2.14. The van der Waals surface area contributed by atoms with Crippen LogP contribution in [0.3, 0.4) is 0 Å². The summed E-state index contributed by atoms with van der Waals surface area (Å²) in [5.41, 5.74) is 0.276. The molecule has 1 aromatic carbocycles. The summed E-state index contributed by atoms with van der Waals surface area (Å²) in [6.07, 6.45) is -4.46. The monoisotopic (exact) mass is 314 g/mol. The summed E-state index contributed by atoms with van der Waals surface area (Å²) in [5.74, 6) is -0.288. The number of amides is 1. The summed E-state index contributed by atoms with van der Waals surface area (Å²) >= 11 is 6.17. The van der Waals surface area contributed by atoms with E-state index in [0.29, 0.717) is 24.3 Å². The molecule has 0 bridgehead atoms. The van der Waals surface area contributed by atoms with Crippen molar-refractivity contribution < 1.29 is 18.0 Å². The molecule has 0 atom stereocenters. The number of aromatic nitrogens is 1. The van der Waals surface area contributed by atoms with Gasteiger partial charge in [-0.2, -0.15) is 13.2 Å². The topological polar surface area (TPSA) is 33.2 Å². The Morgan fingerprint density at radius 2 is 2.10 bits per heavy atom. The molecule has 3 rings (SSSR count). The van der Waals surface area contributed by atoms with Crippen molar-refractivity contribution in [2.75, 3.05) is 6.54 Å². The molecule has 0 N–H and O–H groups in total. The fourth-order valence-corrected chi connectivity index (χ4v) is 2.79. The summed E-state index contributed by atoms with van der Waals surface area (Å²) in [6.45, 7) is 2.65. The van der Waals surface area contributed by atoms with E-state index in [0.717, 1.165) is 12.1 Å². The Morgan fingerprint density at radius 3 is 2.71 bits per heavy atom. The molecule has 0 aliphatic carbocycles. The second-order valence-corrected chi connectivity index (χ2v) is 5.17. The number of carbonyl (C=O) groups is 1. The fourth-order valence-electron chi connectivity index (χ4n) is 2.45. The lowest BCUT2D eigenvalue weighted by Crippen LogP contribution is -2.23. The molecule has 2 aromatic rings. The quantitative estimate of drug-likeness (QED) is 0.800. The maximum Gasteiger partial charge on any atom is 0.416 e. The molecule has 0 radical (unpaired) electrons. The number of rotatable bonds is 1. The van der Waals surface area contributed by atoms with E-state index in [2.05, 4.69) is 4.98 Å². The van der Waals surface area contributed by atoms with Crippen LogP contribution in [0.15, 0.2) is 18.2 Å². The molecule has 3 nitrogen and oxygen atoms in total. The Morgan fingerprint density at radius 1 is 1.38 bits per heavy atom. The maximum absolute atomic E-state index is 12.8. The number of nitrogens with zero attached hydrogens (tertiary/aromatic N) is 2. The zero-order chi connectivity index (χ0) is 15.4. The van der Waals surface area contributed by atoms with E-state index in [-0.39, 0.29) is 21.9 Å². The Hall–Kier alpha value is -1.82. The van der Waals surface area contributed by atoms with Crippen molar-refractivity contribution in [2.24, 2.45) is 0 Å². The molecule has 1 aromatic heterocycles. The normalized spacial score (nSPS) is 14.9. The Kier molecular flexibility index (Phi) is 3.09. The summed E-state index contributed by atoms with van der Waals surface area (Å²) in [7, 11) is 0. The highest BCUT2D eigenvalue weighted by Gasteiger charge is 2.34. The predicted molar refractivity (Wildman–Crippen MR) is 72.2 cm³/mol. The number of hydrogen-bond donors (Lipinski definition) is 0. The van der Waals surface area contributed by atoms with Crippen LogP contribution in [-0.2, 0) is 12.7 Å². The minimum atomic E-state index is -4.46. The number of fused-ring (bicyclic) bond motifs is 2. The molecule has 7 heteroatoms. The fraction of sp³-hybridized carbons (Fsp3) is 0.286. The van der Waals surface area contributed by atoms with Crippen LogP contribution in [0.4, 0.5) is 13.2 Å². The lowest BCUT2D eigenvalue weighted by molar-refractivity contribution is -0.137. The second kappa shape index (κ2) is 4.59. The van der Waals surface area contributed by atoms with Gasteiger partial charge in [-0.25, -0.2) is 4.98 Å². The molecule has 110 valence electrons. The van der Waals surface area contributed by atoms with E-state index >= 15 is 0 Å². The molecular formula is C14H10ClF3N2O. The van der Waals surface area contributed by atoms with Gasteiger partial charge < -0.3 is 4.90 Å². The Balaban J connectivity index is 2.25. The van der Waals surface area contributed by atoms with Gasteiger partial charge in [0.25, 0.3) is 5.91 Å². The van der Waals surface area contributed by atoms with Gasteiger partial charge in [-0.3, -0.25) is 4.79 Å².